The molecule has 133 valence electrons. The van der Waals surface area contributed by atoms with Crippen molar-refractivity contribution >= 4 is 0 Å². The van der Waals surface area contributed by atoms with Crippen LogP contribution in [0.25, 0.3) is 0 Å². The highest BCUT2D eigenvalue weighted by atomic mass is 16.7. The van der Waals surface area contributed by atoms with Crippen molar-refractivity contribution in [1.29, 1.82) is 0 Å². The molecule has 4 aliphatic carbocycles. The summed E-state index contributed by atoms with van der Waals surface area (Å²) >= 11 is 0. The lowest BCUT2D eigenvalue weighted by Gasteiger charge is -2.57. The van der Waals surface area contributed by atoms with Gasteiger partial charge >= 0.3 is 0 Å². The zero-order valence-corrected chi connectivity index (χ0v) is 15.1. The summed E-state index contributed by atoms with van der Waals surface area (Å²) in [7, 11) is 1.67. The molecule has 0 heterocycles. The first-order valence-electron chi connectivity index (χ1n) is 9.49. The van der Waals surface area contributed by atoms with Crippen LogP contribution in [0.15, 0.2) is 18.2 Å². The smallest absolute Gasteiger partial charge is 0.189 e. The van der Waals surface area contributed by atoms with Gasteiger partial charge in [-0.2, -0.15) is 0 Å². The summed E-state index contributed by atoms with van der Waals surface area (Å²) < 4.78 is 16.5. The molecule has 0 amide bonds. The third kappa shape index (κ3) is 3.30. The summed E-state index contributed by atoms with van der Waals surface area (Å²) in [5, 5.41) is 0. The molecule has 1 radical (unpaired) electrons. The van der Waals surface area contributed by atoms with E-state index in [0.29, 0.717) is 13.2 Å². The van der Waals surface area contributed by atoms with Crippen molar-refractivity contribution in [3.63, 3.8) is 0 Å². The Balaban J connectivity index is 1.57. The summed E-state index contributed by atoms with van der Waals surface area (Å²) in [4.78, 5) is 0. The summed E-state index contributed by atoms with van der Waals surface area (Å²) in [5.41, 5.74) is 2.37. The second kappa shape index (κ2) is 7.02. The average molecular weight is 339 g/mol. The van der Waals surface area contributed by atoms with Gasteiger partial charge in [0, 0.05) is 18.2 Å². The molecular weight excluding hydrogens is 312 g/mol. The van der Waals surface area contributed by atoms with Gasteiger partial charge in [-0.3, -0.25) is 0 Å². The molecule has 0 spiro atoms. The maximum Gasteiger partial charge on any atom is 0.189 e. The SMILES string of the molecule is [C]#Cc1ccc(C23CC4CC(CC(C4)C2)C3)c(OCOCCOC)c1. The van der Waals surface area contributed by atoms with E-state index < -0.39 is 0 Å². The van der Waals surface area contributed by atoms with Crippen LogP contribution < -0.4 is 4.74 Å². The quantitative estimate of drug-likeness (QED) is 0.425. The average Bonchev–Trinajstić information content (AvgIpc) is 2.60. The van der Waals surface area contributed by atoms with Crippen molar-refractivity contribution in [2.45, 2.75) is 43.9 Å². The van der Waals surface area contributed by atoms with E-state index in [2.05, 4.69) is 12.0 Å². The van der Waals surface area contributed by atoms with E-state index in [-0.39, 0.29) is 12.2 Å². The normalized spacial score (nSPS) is 32.6. The van der Waals surface area contributed by atoms with Gasteiger partial charge in [0.1, 0.15) is 5.75 Å². The maximum absolute atomic E-state index is 7.45. The Morgan fingerprint density at radius 1 is 1.08 bits per heavy atom. The Morgan fingerprint density at radius 3 is 2.36 bits per heavy atom. The zero-order chi connectivity index (χ0) is 17.3. The lowest BCUT2D eigenvalue weighted by atomic mass is 9.48. The Bertz CT molecular complexity index is 622. The molecule has 0 aliphatic heterocycles. The minimum Gasteiger partial charge on any atom is -0.467 e. The molecule has 0 atom stereocenters. The van der Waals surface area contributed by atoms with Crippen molar-refractivity contribution in [3.8, 4) is 11.7 Å². The number of hydrogen-bond donors (Lipinski definition) is 0. The third-order valence-corrected chi connectivity index (χ3v) is 6.47. The standard InChI is InChI=1S/C22H27O3/c1-3-16-4-5-20(21(11-16)25-15-24-7-6-23-2)22-12-17-8-18(13-22)10-19(9-17)14-22/h4-5,11,17-19H,6-10,12-15H2,2H3. The number of rotatable bonds is 7. The van der Waals surface area contributed by atoms with Crippen LogP contribution in [0.2, 0.25) is 0 Å². The van der Waals surface area contributed by atoms with Crippen molar-refractivity contribution < 1.29 is 14.2 Å². The monoisotopic (exact) mass is 339 g/mol. The minimum absolute atomic E-state index is 0.226. The Labute approximate surface area is 151 Å². The number of benzene rings is 1. The molecule has 25 heavy (non-hydrogen) atoms. The van der Waals surface area contributed by atoms with Gasteiger partial charge in [0.15, 0.2) is 6.79 Å². The van der Waals surface area contributed by atoms with E-state index in [1.807, 2.05) is 12.1 Å². The summed E-state index contributed by atoms with van der Waals surface area (Å²) in [6.07, 6.45) is 15.6. The topological polar surface area (TPSA) is 27.7 Å². The van der Waals surface area contributed by atoms with Crippen LogP contribution in [0, 0.1) is 30.1 Å². The number of ether oxygens (including phenoxy) is 3. The molecule has 4 saturated carbocycles. The van der Waals surface area contributed by atoms with Crippen molar-refractivity contribution in [2.75, 3.05) is 27.1 Å². The Kier molecular flexibility index (Phi) is 4.75. The molecule has 3 nitrogen and oxygen atoms in total. The minimum atomic E-state index is 0.226. The zero-order valence-electron chi connectivity index (χ0n) is 15.1. The van der Waals surface area contributed by atoms with Crippen LogP contribution in [0.4, 0.5) is 0 Å². The van der Waals surface area contributed by atoms with Crippen molar-refractivity contribution in [3.05, 3.63) is 35.7 Å². The highest BCUT2D eigenvalue weighted by molar-refractivity contribution is 5.47. The largest absolute Gasteiger partial charge is 0.467 e. The van der Waals surface area contributed by atoms with Gasteiger partial charge in [0.25, 0.3) is 0 Å². The van der Waals surface area contributed by atoms with Gasteiger partial charge < -0.3 is 14.2 Å². The van der Waals surface area contributed by atoms with Crippen LogP contribution in [0.3, 0.4) is 0 Å². The molecule has 5 rings (SSSR count). The highest BCUT2D eigenvalue weighted by Crippen LogP contribution is 2.61. The van der Waals surface area contributed by atoms with E-state index in [1.165, 1.54) is 44.1 Å². The predicted octanol–water partition coefficient (Wildman–Crippen LogP) is 4.09. The van der Waals surface area contributed by atoms with E-state index in [1.54, 1.807) is 7.11 Å². The molecule has 4 fully saturated rings. The number of methoxy groups -OCH3 is 1. The fraction of sp³-hybridized carbons (Fsp3) is 0.636. The number of hydrogen-bond acceptors (Lipinski definition) is 3. The fourth-order valence-corrected chi connectivity index (χ4v) is 5.90. The summed E-state index contributed by atoms with van der Waals surface area (Å²) in [6, 6.07) is 6.16. The van der Waals surface area contributed by atoms with Gasteiger partial charge in [-0.05, 0) is 80.2 Å². The van der Waals surface area contributed by atoms with Crippen molar-refractivity contribution in [2.24, 2.45) is 17.8 Å². The van der Waals surface area contributed by atoms with Gasteiger partial charge in [-0.25, -0.2) is 0 Å². The molecule has 3 heteroatoms. The molecule has 1 aromatic rings. The van der Waals surface area contributed by atoms with Crippen LogP contribution in [-0.4, -0.2) is 27.1 Å². The van der Waals surface area contributed by atoms with Crippen LogP contribution >= 0.6 is 0 Å². The van der Waals surface area contributed by atoms with Crippen LogP contribution in [0.5, 0.6) is 5.75 Å². The predicted molar refractivity (Wildman–Crippen MR) is 95.8 cm³/mol. The highest BCUT2D eigenvalue weighted by Gasteiger charge is 2.52. The molecule has 0 unspecified atom stereocenters. The molecule has 4 aliphatic rings. The Hall–Kier alpha value is -1.50. The molecule has 1 aromatic carbocycles. The van der Waals surface area contributed by atoms with Gasteiger partial charge in [0.2, 0.25) is 0 Å². The lowest BCUT2D eigenvalue weighted by Crippen LogP contribution is -2.48. The van der Waals surface area contributed by atoms with E-state index in [9.17, 15) is 0 Å². The van der Waals surface area contributed by atoms with E-state index in [0.717, 1.165) is 29.1 Å². The molecule has 4 bridgehead atoms. The van der Waals surface area contributed by atoms with Crippen LogP contribution in [0.1, 0.15) is 49.7 Å². The van der Waals surface area contributed by atoms with Gasteiger partial charge in [-0.1, -0.05) is 12.0 Å². The second-order valence-corrected chi connectivity index (χ2v) is 8.20. The van der Waals surface area contributed by atoms with Crippen LogP contribution in [-0.2, 0) is 14.9 Å². The summed E-state index contributed by atoms with van der Waals surface area (Å²) in [6.45, 7) is 1.32. The Morgan fingerprint density at radius 2 is 1.76 bits per heavy atom. The first-order valence-corrected chi connectivity index (χ1v) is 9.49. The lowest BCUT2D eigenvalue weighted by molar-refractivity contribution is -0.0189. The molecule has 0 saturated heterocycles. The fourth-order valence-electron chi connectivity index (χ4n) is 5.90. The van der Waals surface area contributed by atoms with Crippen molar-refractivity contribution in [1.82, 2.24) is 0 Å². The first kappa shape index (κ1) is 16.9. The van der Waals surface area contributed by atoms with E-state index >= 15 is 0 Å². The van der Waals surface area contributed by atoms with Gasteiger partial charge in [-0.15, -0.1) is 0 Å². The maximum atomic E-state index is 7.45. The summed E-state index contributed by atoms with van der Waals surface area (Å²) in [5.74, 6) is 6.06. The third-order valence-electron chi connectivity index (χ3n) is 6.47. The molecule has 0 aromatic heterocycles. The molecular formula is C22H27O3. The van der Waals surface area contributed by atoms with E-state index in [4.69, 9.17) is 20.6 Å². The molecule has 0 N–H and O–H groups in total. The first-order chi connectivity index (χ1) is 12.2. The second-order valence-electron chi connectivity index (χ2n) is 8.20. The van der Waals surface area contributed by atoms with Gasteiger partial charge in [0.05, 0.1) is 13.2 Å².